The van der Waals surface area contributed by atoms with Crippen molar-refractivity contribution >= 4 is 16.0 Å². The molecule has 0 unspecified atom stereocenters. The Morgan fingerprint density at radius 3 is 2.43 bits per heavy atom. The minimum atomic E-state index is -3.12. The van der Waals surface area contributed by atoms with E-state index in [9.17, 15) is 8.42 Å². The van der Waals surface area contributed by atoms with Crippen LogP contribution in [0.3, 0.4) is 0 Å². The highest BCUT2D eigenvalue weighted by Crippen LogP contribution is 2.34. The maximum Gasteiger partial charge on any atom is 0.211 e. The van der Waals surface area contributed by atoms with Crippen molar-refractivity contribution in [2.75, 3.05) is 58.2 Å². The average molecular weight is 418 g/mol. The van der Waals surface area contributed by atoms with Gasteiger partial charge in [0.1, 0.15) is 0 Å². The van der Waals surface area contributed by atoms with E-state index < -0.39 is 10.0 Å². The van der Waals surface area contributed by atoms with Gasteiger partial charge < -0.3 is 15.4 Å². The zero-order valence-corrected chi connectivity index (χ0v) is 18.5. The highest BCUT2D eigenvalue weighted by Gasteiger charge is 2.38. The molecule has 1 heterocycles. The monoisotopic (exact) mass is 417 g/mol. The molecule has 2 rings (SSSR count). The Morgan fingerprint density at radius 2 is 1.79 bits per heavy atom. The van der Waals surface area contributed by atoms with Crippen LogP contribution in [-0.2, 0) is 14.8 Å². The molecule has 1 aliphatic carbocycles. The summed E-state index contributed by atoms with van der Waals surface area (Å²) in [5, 5.41) is 6.66. The molecule has 0 spiro atoms. The number of rotatable bonds is 10. The fourth-order valence-corrected chi connectivity index (χ4v) is 4.67. The van der Waals surface area contributed by atoms with Crippen molar-refractivity contribution in [2.24, 2.45) is 4.99 Å². The normalized spacial score (nSPS) is 21.4. The van der Waals surface area contributed by atoms with Crippen molar-refractivity contribution in [2.45, 2.75) is 57.9 Å². The first-order valence-corrected chi connectivity index (χ1v) is 12.5. The molecule has 0 amide bonds. The fourth-order valence-electron chi connectivity index (χ4n) is 4.01. The molecule has 164 valence electrons. The largest absolute Gasteiger partial charge is 0.379 e. The van der Waals surface area contributed by atoms with Crippen LogP contribution in [-0.4, -0.2) is 83.1 Å². The number of nitrogens with zero attached hydrogens (tertiary/aromatic N) is 2. The van der Waals surface area contributed by atoms with E-state index in [2.05, 4.69) is 27.2 Å². The highest BCUT2D eigenvalue weighted by atomic mass is 32.2. The number of sulfonamides is 1. The quantitative estimate of drug-likeness (QED) is 0.278. The third-order valence-electron chi connectivity index (χ3n) is 5.69. The van der Waals surface area contributed by atoms with Gasteiger partial charge >= 0.3 is 0 Å². The molecule has 1 saturated carbocycles. The van der Waals surface area contributed by atoms with Gasteiger partial charge in [-0.05, 0) is 33.1 Å². The van der Waals surface area contributed by atoms with Crippen molar-refractivity contribution in [1.82, 2.24) is 20.3 Å². The van der Waals surface area contributed by atoms with Gasteiger partial charge in [0.05, 0.1) is 25.5 Å². The van der Waals surface area contributed by atoms with Crippen LogP contribution in [0.15, 0.2) is 4.99 Å². The van der Waals surface area contributed by atoms with E-state index in [4.69, 9.17) is 9.73 Å². The molecule has 0 aromatic heterocycles. The molecule has 0 atom stereocenters. The lowest BCUT2D eigenvalue weighted by atomic mass is 9.80. The summed E-state index contributed by atoms with van der Waals surface area (Å²) in [6.07, 6.45) is 6.99. The molecule has 9 heteroatoms. The maximum absolute atomic E-state index is 11.5. The number of hydrogen-bond donors (Lipinski definition) is 3. The Hall–Kier alpha value is -0.900. The maximum atomic E-state index is 11.5. The number of nitrogens with one attached hydrogen (secondary N) is 3. The minimum absolute atomic E-state index is 0.119. The van der Waals surface area contributed by atoms with Crippen LogP contribution < -0.4 is 15.4 Å². The van der Waals surface area contributed by atoms with Crippen LogP contribution in [0.1, 0.15) is 52.4 Å². The van der Waals surface area contributed by atoms with E-state index >= 15 is 0 Å². The van der Waals surface area contributed by atoms with Gasteiger partial charge in [0.15, 0.2) is 5.96 Å². The summed E-state index contributed by atoms with van der Waals surface area (Å²) >= 11 is 0. The van der Waals surface area contributed by atoms with Crippen molar-refractivity contribution < 1.29 is 13.2 Å². The summed E-state index contributed by atoms with van der Waals surface area (Å²) in [6, 6.07) is 0. The number of morpholine rings is 1. The van der Waals surface area contributed by atoms with Crippen LogP contribution in [0.5, 0.6) is 0 Å². The van der Waals surface area contributed by atoms with Gasteiger partial charge in [-0.3, -0.25) is 9.89 Å². The molecule has 2 fully saturated rings. The number of guanidine groups is 1. The van der Waals surface area contributed by atoms with Crippen molar-refractivity contribution in [1.29, 1.82) is 0 Å². The lowest BCUT2D eigenvalue weighted by Crippen LogP contribution is -2.56. The van der Waals surface area contributed by atoms with Crippen LogP contribution in [0.25, 0.3) is 0 Å². The van der Waals surface area contributed by atoms with Gasteiger partial charge in [-0.2, -0.15) is 0 Å². The Labute approximate surface area is 170 Å². The average Bonchev–Trinajstić information content (AvgIpc) is 2.73. The van der Waals surface area contributed by atoms with Crippen molar-refractivity contribution in [3.8, 4) is 0 Å². The molecule has 0 aromatic rings. The molecule has 28 heavy (non-hydrogen) atoms. The van der Waals surface area contributed by atoms with E-state index in [1.807, 2.05) is 0 Å². The third kappa shape index (κ3) is 7.50. The first-order chi connectivity index (χ1) is 13.5. The van der Waals surface area contributed by atoms with E-state index in [1.54, 1.807) is 6.92 Å². The summed E-state index contributed by atoms with van der Waals surface area (Å²) in [5.74, 6) is 0.938. The van der Waals surface area contributed by atoms with Crippen LogP contribution in [0.4, 0.5) is 0 Å². The lowest BCUT2D eigenvalue weighted by Gasteiger charge is -2.47. The Kier molecular flexibility index (Phi) is 9.98. The number of ether oxygens (including phenoxy) is 1. The summed E-state index contributed by atoms with van der Waals surface area (Å²) in [7, 11) is -3.12. The van der Waals surface area contributed by atoms with Gasteiger partial charge in [0.2, 0.25) is 10.0 Å². The molecule has 8 nitrogen and oxygen atoms in total. The molecule has 2 aliphatic rings. The molecule has 0 radical (unpaired) electrons. The predicted octanol–water partition coefficient (Wildman–Crippen LogP) is 0.906. The van der Waals surface area contributed by atoms with Crippen LogP contribution in [0.2, 0.25) is 0 Å². The van der Waals surface area contributed by atoms with Gasteiger partial charge in [0.25, 0.3) is 0 Å². The first kappa shape index (κ1) is 23.4. The molecule has 3 N–H and O–H groups in total. The third-order valence-corrected chi connectivity index (χ3v) is 7.09. The number of aliphatic imine (C=N–C) groups is 1. The molecule has 1 saturated heterocycles. The summed E-state index contributed by atoms with van der Waals surface area (Å²) in [5.41, 5.74) is 0.154. The van der Waals surface area contributed by atoms with E-state index in [0.717, 1.165) is 51.8 Å². The second-order valence-corrected chi connectivity index (χ2v) is 9.75. The zero-order chi connectivity index (χ0) is 20.3. The number of hydrogen-bond acceptors (Lipinski definition) is 5. The fraction of sp³-hybridized carbons (Fsp3) is 0.947. The summed E-state index contributed by atoms with van der Waals surface area (Å²) in [6.45, 7) is 10.1. The van der Waals surface area contributed by atoms with Crippen molar-refractivity contribution in [3.63, 3.8) is 0 Å². The molecule has 1 aliphatic heterocycles. The Balaban J connectivity index is 1.89. The van der Waals surface area contributed by atoms with Gasteiger partial charge in [-0.25, -0.2) is 13.1 Å². The van der Waals surface area contributed by atoms with Crippen LogP contribution in [0, 0.1) is 0 Å². The molecular formula is C19H39N5O3S. The second-order valence-electron chi connectivity index (χ2n) is 7.66. The predicted molar refractivity (Wildman–Crippen MR) is 114 cm³/mol. The SMILES string of the molecule is CCNC(=NCC1(N2CCOCC2)CCCCC1)NCCCNS(=O)(=O)CC. The Bertz CT molecular complexity index is 570. The smallest absolute Gasteiger partial charge is 0.211 e. The molecule has 0 bridgehead atoms. The van der Waals surface area contributed by atoms with Gasteiger partial charge in [-0.15, -0.1) is 0 Å². The standard InChI is InChI=1S/C19H39N5O3S/c1-3-20-18(21-11-8-12-23-28(25,26)4-2)22-17-19(9-6-5-7-10-19)24-13-15-27-16-14-24/h23H,3-17H2,1-2H3,(H2,20,21,22). The topological polar surface area (TPSA) is 95.1 Å². The van der Waals surface area contributed by atoms with Crippen LogP contribution >= 0.6 is 0 Å². The Morgan fingerprint density at radius 1 is 1.07 bits per heavy atom. The van der Waals surface area contributed by atoms with E-state index in [-0.39, 0.29) is 11.3 Å². The van der Waals surface area contributed by atoms with E-state index in [0.29, 0.717) is 13.1 Å². The zero-order valence-electron chi connectivity index (χ0n) is 17.6. The molecular weight excluding hydrogens is 378 g/mol. The van der Waals surface area contributed by atoms with E-state index in [1.165, 1.54) is 32.1 Å². The van der Waals surface area contributed by atoms with Gasteiger partial charge in [-0.1, -0.05) is 19.3 Å². The summed E-state index contributed by atoms with van der Waals surface area (Å²) in [4.78, 5) is 7.52. The first-order valence-electron chi connectivity index (χ1n) is 10.8. The second kappa shape index (κ2) is 11.9. The molecule has 0 aromatic carbocycles. The van der Waals surface area contributed by atoms with Gasteiger partial charge in [0, 0.05) is 38.3 Å². The van der Waals surface area contributed by atoms with Crippen molar-refractivity contribution in [3.05, 3.63) is 0 Å². The summed E-state index contributed by atoms with van der Waals surface area (Å²) < 4.78 is 31.1. The lowest BCUT2D eigenvalue weighted by molar-refractivity contribution is -0.0333. The minimum Gasteiger partial charge on any atom is -0.379 e. The highest BCUT2D eigenvalue weighted by molar-refractivity contribution is 7.89.